The number of aromatic nitrogens is 3. The molecule has 6 heteroatoms. The van der Waals surface area contributed by atoms with E-state index < -0.39 is 0 Å². The van der Waals surface area contributed by atoms with Crippen molar-refractivity contribution in [3.63, 3.8) is 0 Å². The van der Waals surface area contributed by atoms with Gasteiger partial charge in [-0.2, -0.15) is 5.10 Å². The van der Waals surface area contributed by atoms with E-state index in [1.807, 2.05) is 17.1 Å². The molecule has 3 heterocycles. The standard InChI is InChI=1S/C26H36N6/c1-5-31(6-2)18-20(3)29-26-15-23-14-21(10-11-22(23)16-27-26)24-17-28-30(4)25(24)19-32-12-8-7-9-13-32/h10-11,14-17H,3,5-9,12-13,18-19H2,1-2,4H3,(H,27,29). The molecule has 1 fully saturated rings. The second-order valence-electron chi connectivity index (χ2n) is 8.79. The molecule has 1 saturated heterocycles. The molecule has 0 aliphatic carbocycles. The van der Waals surface area contributed by atoms with Gasteiger partial charge in [-0.3, -0.25) is 14.5 Å². The smallest absolute Gasteiger partial charge is 0.130 e. The SMILES string of the molecule is C=C(CN(CC)CC)Nc1cc2cc(-c3cnn(C)c3CN3CCCCC3)ccc2cn1. The van der Waals surface area contributed by atoms with Crippen molar-refractivity contribution in [1.29, 1.82) is 0 Å². The second-order valence-corrected chi connectivity index (χ2v) is 8.79. The molecule has 1 aromatic carbocycles. The van der Waals surface area contributed by atoms with Crippen molar-refractivity contribution in [3.8, 4) is 11.1 Å². The van der Waals surface area contributed by atoms with E-state index in [4.69, 9.17) is 0 Å². The molecule has 6 nitrogen and oxygen atoms in total. The average molecular weight is 433 g/mol. The average Bonchev–Trinajstić information content (AvgIpc) is 3.17. The molecule has 1 N–H and O–H groups in total. The number of pyridine rings is 1. The first-order valence-electron chi connectivity index (χ1n) is 11.9. The highest BCUT2D eigenvalue weighted by atomic mass is 15.3. The monoisotopic (exact) mass is 432 g/mol. The topological polar surface area (TPSA) is 49.2 Å². The van der Waals surface area contributed by atoms with Crippen molar-refractivity contribution in [2.24, 2.45) is 7.05 Å². The number of benzene rings is 1. The Morgan fingerprint density at radius 2 is 1.84 bits per heavy atom. The number of anilines is 1. The van der Waals surface area contributed by atoms with Gasteiger partial charge >= 0.3 is 0 Å². The zero-order valence-electron chi connectivity index (χ0n) is 19.8. The second kappa shape index (κ2) is 10.3. The highest BCUT2D eigenvalue weighted by Crippen LogP contribution is 2.29. The van der Waals surface area contributed by atoms with E-state index in [1.165, 1.54) is 54.6 Å². The fraction of sp³-hybridized carbons (Fsp3) is 0.462. The fourth-order valence-electron chi connectivity index (χ4n) is 4.54. The first kappa shape index (κ1) is 22.5. The highest BCUT2D eigenvalue weighted by molar-refractivity contribution is 5.88. The third-order valence-corrected chi connectivity index (χ3v) is 6.53. The maximum Gasteiger partial charge on any atom is 0.130 e. The van der Waals surface area contributed by atoms with Crippen molar-refractivity contribution in [2.45, 2.75) is 39.7 Å². The highest BCUT2D eigenvalue weighted by Gasteiger charge is 2.17. The number of likely N-dealkylation sites (N-methyl/N-ethyl adjacent to an activating group) is 1. The molecule has 3 aromatic rings. The zero-order valence-corrected chi connectivity index (χ0v) is 19.8. The van der Waals surface area contributed by atoms with Crippen LogP contribution < -0.4 is 5.32 Å². The molecule has 1 aliphatic rings. The van der Waals surface area contributed by atoms with Crippen LogP contribution in [0.2, 0.25) is 0 Å². The van der Waals surface area contributed by atoms with Crippen LogP contribution in [0.5, 0.6) is 0 Å². The first-order chi connectivity index (χ1) is 15.6. The summed E-state index contributed by atoms with van der Waals surface area (Å²) in [5.41, 5.74) is 4.67. The van der Waals surface area contributed by atoms with Crippen molar-refractivity contribution < 1.29 is 0 Å². The molecule has 2 aromatic heterocycles. The summed E-state index contributed by atoms with van der Waals surface area (Å²) in [6, 6.07) is 8.72. The van der Waals surface area contributed by atoms with Gasteiger partial charge in [0.25, 0.3) is 0 Å². The molecule has 0 amide bonds. The molecule has 170 valence electrons. The molecule has 0 spiro atoms. The van der Waals surface area contributed by atoms with E-state index in [0.717, 1.165) is 43.1 Å². The van der Waals surface area contributed by atoms with E-state index >= 15 is 0 Å². The number of rotatable bonds is 9. The number of aryl methyl sites for hydroxylation is 1. The van der Waals surface area contributed by atoms with Gasteiger partial charge in [0.2, 0.25) is 0 Å². The lowest BCUT2D eigenvalue weighted by Crippen LogP contribution is -2.30. The first-order valence-corrected chi connectivity index (χ1v) is 11.9. The lowest BCUT2D eigenvalue weighted by atomic mass is 10.0. The molecule has 1 aliphatic heterocycles. The molecule has 0 radical (unpaired) electrons. The predicted molar refractivity (Wildman–Crippen MR) is 134 cm³/mol. The predicted octanol–water partition coefficient (Wildman–Crippen LogP) is 4.89. The Hall–Kier alpha value is -2.70. The minimum Gasteiger partial charge on any atom is -0.343 e. The van der Waals surface area contributed by atoms with Crippen molar-refractivity contribution >= 4 is 16.6 Å². The number of nitrogens with zero attached hydrogens (tertiary/aromatic N) is 5. The van der Waals surface area contributed by atoms with Gasteiger partial charge in [0, 0.05) is 43.0 Å². The molecule has 0 unspecified atom stereocenters. The number of nitrogens with one attached hydrogen (secondary N) is 1. The van der Waals surface area contributed by atoms with Crippen LogP contribution in [0.15, 0.2) is 48.9 Å². The quantitative estimate of drug-likeness (QED) is 0.522. The van der Waals surface area contributed by atoms with Gasteiger partial charge in [0.15, 0.2) is 0 Å². The van der Waals surface area contributed by atoms with Gasteiger partial charge in [0.1, 0.15) is 5.82 Å². The molecular formula is C26H36N6. The van der Waals surface area contributed by atoms with Crippen LogP contribution in [0.25, 0.3) is 21.9 Å². The summed E-state index contributed by atoms with van der Waals surface area (Å²) in [7, 11) is 2.05. The molecule has 32 heavy (non-hydrogen) atoms. The van der Waals surface area contributed by atoms with Crippen LogP contribution in [0.1, 0.15) is 38.8 Å². The molecular weight excluding hydrogens is 396 g/mol. The third-order valence-electron chi connectivity index (χ3n) is 6.53. The Morgan fingerprint density at radius 1 is 1.06 bits per heavy atom. The van der Waals surface area contributed by atoms with Gasteiger partial charge in [-0.1, -0.05) is 39.0 Å². The largest absolute Gasteiger partial charge is 0.343 e. The van der Waals surface area contributed by atoms with E-state index in [1.54, 1.807) is 0 Å². The summed E-state index contributed by atoms with van der Waals surface area (Å²) < 4.78 is 2.03. The fourth-order valence-corrected chi connectivity index (χ4v) is 4.54. The van der Waals surface area contributed by atoms with Crippen molar-refractivity contribution in [1.82, 2.24) is 24.6 Å². The summed E-state index contributed by atoms with van der Waals surface area (Å²) in [4.78, 5) is 9.48. The number of hydrogen-bond acceptors (Lipinski definition) is 5. The maximum absolute atomic E-state index is 4.59. The maximum atomic E-state index is 4.59. The van der Waals surface area contributed by atoms with Crippen LogP contribution in [0.4, 0.5) is 5.82 Å². The van der Waals surface area contributed by atoms with E-state index in [-0.39, 0.29) is 0 Å². The molecule has 0 bridgehead atoms. The number of hydrogen-bond donors (Lipinski definition) is 1. The summed E-state index contributed by atoms with van der Waals surface area (Å²) >= 11 is 0. The summed E-state index contributed by atoms with van der Waals surface area (Å²) in [5.74, 6) is 0.839. The van der Waals surface area contributed by atoms with Crippen LogP contribution in [0.3, 0.4) is 0 Å². The Kier molecular flexibility index (Phi) is 7.22. The van der Waals surface area contributed by atoms with Gasteiger partial charge in [-0.25, -0.2) is 4.98 Å². The summed E-state index contributed by atoms with van der Waals surface area (Å²) in [6.45, 7) is 14.7. The lowest BCUT2D eigenvalue weighted by Gasteiger charge is -2.26. The van der Waals surface area contributed by atoms with Gasteiger partial charge in [0.05, 0.1) is 11.9 Å². The van der Waals surface area contributed by atoms with Crippen LogP contribution >= 0.6 is 0 Å². The minimum atomic E-state index is 0.822. The molecule has 0 atom stereocenters. The Bertz CT molecular complexity index is 1060. The van der Waals surface area contributed by atoms with Gasteiger partial charge in [-0.15, -0.1) is 0 Å². The van der Waals surface area contributed by atoms with E-state index in [2.05, 4.69) is 76.9 Å². The number of piperidine rings is 1. The van der Waals surface area contributed by atoms with Gasteiger partial charge < -0.3 is 5.32 Å². The zero-order chi connectivity index (χ0) is 22.5. The third kappa shape index (κ3) is 5.19. The van der Waals surface area contributed by atoms with Gasteiger partial charge in [-0.05, 0) is 62.1 Å². The normalized spacial score (nSPS) is 14.9. The minimum absolute atomic E-state index is 0.822. The van der Waals surface area contributed by atoms with Crippen molar-refractivity contribution in [3.05, 3.63) is 54.6 Å². The lowest BCUT2D eigenvalue weighted by molar-refractivity contribution is 0.216. The Morgan fingerprint density at radius 3 is 2.59 bits per heavy atom. The number of fused-ring (bicyclic) bond motifs is 1. The summed E-state index contributed by atoms with van der Waals surface area (Å²) in [5, 5.41) is 10.3. The Labute approximate surface area is 191 Å². The van der Waals surface area contributed by atoms with Crippen LogP contribution in [0, 0.1) is 0 Å². The Balaban J connectivity index is 1.56. The molecule has 4 rings (SSSR count). The van der Waals surface area contributed by atoms with E-state index in [9.17, 15) is 0 Å². The van der Waals surface area contributed by atoms with E-state index in [0.29, 0.717) is 0 Å². The van der Waals surface area contributed by atoms with Crippen LogP contribution in [-0.4, -0.2) is 57.3 Å². The summed E-state index contributed by atoms with van der Waals surface area (Å²) in [6.07, 6.45) is 7.89. The molecule has 0 saturated carbocycles. The van der Waals surface area contributed by atoms with Crippen molar-refractivity contribution in [2.75, 3.05) is 38.0 Å². The number of likely N-dealkylation sites (tertiary alicyclic amines) is 1. The van der Waals surface area contributed by atoms with Crippen LogP contribution in [-0.2, 0) is 13.6 Å².